The van der Waals surface area contributed by atoms with Crippen LogP contribution in [0.2, 0.25) is 0 Å². The minimum Gasteiger partial charge on any atom is -0.311 e. The first-order valence-corrected chi connectivity index (χ1v) is 7.23. The number of likely N-dealkylation sites (N-methyl/N-ethyl adjacent to an activating group) is 1. The van der Waals surface area contributed by atoms with E-state index < -0.39 is 0 Å². The molecule has 0 spiro atoms. The van der Waals surface area contributed by atoms with E-state index in [2.05, 4.69) is 54.3 Å². The fourth-order valence-electron chi connectivity index (χ4n) is 2.58. The molecule has 2 heterocycles. The van der Waals surface area contributed by atoms with Crippen molar-refractivity contribution in [3.63, 3.8) is 0 Å². The molecule has 1 unspecified atom stereocenters. The van der Waals surface area contributed by atoms with Crippen LogP contribution in [0.3, 0.4) is 0 Å². The van der Waals surface area contributed by atoms with E-state index >= 15 is 0 Å². The summed E-state index contributed by atoms with van der Waals surface area (Å²) >= 11 is 0. The van der Waals surface area contributed by atoms with Crippen LogP contribution in [0.4, 0.5) is 0 Å². The second-order valence-corrected chi connectivity index (χ2v) is 5.54. The van der Waals surface area contributed by atoms with Gasteiger partial charge in [-0.15, -0.1) is 0 Å². The van der Waals surface area contributed by atoms with Crippen molar-refractivity contribution in [2.45, 2.75) is 32.5 Å². The molecule has 0 aliphatic carbocycles. The Morgan fingerprint density at radius 3 is 2.84 bits per heavy atom. The summed E-state index contributed by atoms with van der Waals surface area (Å²) in [6.45, 7) is 7.29. The Bertz CT molecular complexity index is 391. The van der Waals surface area contributed by atoms with Gasteiger partial charge in [0.05, 0.1) is 11.4 Å². The maximum Gasteiger partial charge on any atom is 0.0547 e. The highest BCUT2D eigenvalue weighted by atomic mass is 15.2. The van der Waals surface area contributed by atoms with E-state index in [9.17, 15) is 0 Å². The molecule has 0 bridgehead atoms. The van der Waals surface area contributed by atoms with Crippen LogP contribution in [0.5, 0.6) is 0 Å². The minimum absolute atomic E-state index is 0.699. The average molecular weight is 262 g/mol. The number of aromatic nitrogens is 1. The van der Waals surface area contributed by atoms with E-state index in [1.54, 1.807) is 0 Å². The van der Waals surface area contributed by atoms with Crippen LogP contribution < -0.4 is 5.32 Å². The van der Waals surface area contributed by atoms with Gasteiger partial charge >= 0.3 is 0 Å². The lowest BCUT2D eigenvalue weighted by molar-refractivity contribution is 0.263. The van der Waals surface area contributed by atoms with E-state index in [0.717, 1.165) is 31.9 Å². The van der Waals surface area contributed by atoms with Crippen LogP contribution in [0.1, 0.15) is 24.7 Å². The fraction of sp³-hybridized carbons (Fsp3) is 0.667. The van der Waals surface area contributed by atoms with Gasteiger partial charge in [0.2, 0.25) is 0 Å². The summed E-state index contributed by atoms with van der Waals surface area (Å²) in [6, 6.07) is 7.05. The highest BCUT2D eigenvalue weighted by Crippen LogP contribution is 2.15. The molecule has 0 aromatic carbocycles. The zero-order chi connectivity index (χ0) is 13.7. The number of rotatable bonds is 6. The largest absolute Gasteiger partial charge is 0.311 e. The molecule has 0 amide bonds. The van der Waals surface area contributed by atoms with Crippen LogP contribution in [0.25, 0.3) is 0 Å². The van der Waals surface area contributed by atoms with Crippen molar-refractivity contribution in [2.24, 2.45) is 0 Å². The van der Waals surface area contributed by atoms with Gasteiger partial charge in [0.15, 0.2) is 0 Å². The van der Waals surface area contributed by atoms with Gasteiger partial charge in [0.25, 0.3) is 0 Å². The molecule has 1 aromatic rings. The quantitative estimate of drug-likeness (QED) is 0.838. The third-order valence-corrected chi connectivity index (χ3v) is 3.78. The molecule has 1 fully saturated rings. The van der Waals surface area contributed by atoms with Gasteiger partial charge in [-0.1, -0.05) is 13.0 Å². The van der Waals surface area contributed by atoms with E-state index in [4.69, 9.17) is 4.98 Å². The predicted octanol–water partition coefficient (Wildman–Crippen LogP) is 1.33. The van der Waals surface area contributed by atoms with E-state index in [-0.39, 0.29) is 0 Å². The van der Waals surface area contributed by atoms with E-state index in [1.807, 2.05) is 0 Å². The summed E-state index contributed by atoms with van der Waals surface area (Å²) in [6.07, 6.45) is 1.27. The third kappa shape index (κ3) is 4.27. The van der Waals surface area contributed by atoms with Crippen LogP contribution in [0, 0.1) is 0 Å². The maximum atomic E-state index is 4.73. The minimum atomic E-state index is 0.699. The average Bonchev–Trinajstić information content (AvgIpc) is 2.85. The summed E-state index contributed by atoms with van der Waals surface area (Å²) in [7, 11) is 4.34. The number of hydrogen-bond acceptors (Lipinski definition) is 4. The second-order valence-electron chi connectivity index (χ2n) is 5.54. The van der Waals surface area contributed by atoms with Crippen molar-refractivity contribution in [1.82, 2.24) is 20.1 Å². The van der Waals surface area contributed by atoms with Crippen LogP contribution in [0.15, 0.2) is 18.2 Å². The van der Waals surface area contributed by atoms with Crippen molar-refractivity contribution in [3.8, 4) is 0 Å². The van der Waals surface area contributed by atoms with Crippen molar-refractivity contribution in [3.05, 3.63) is 29.6 Å². The van der Waals surface area contributed by atoms with Gasteiger partial charge in [0.1, 0.15) is 0 Å². The van der Waals surface area contributed by atoms with Gasteiger partial charge in [-0.05, 0) is 39.2 Å². The van der Waals surface area contributed by atoms with Gasteiger partial charge in [-0.3, -0.25) is 9.88 Å². The van der Waals surface area contributed by atoms with Crippen molar-refractivity contribution in [1.29, 1.82) is 0 Å². The Balaban J connectivity index is 1.89. The number of pyridine rings is 1. The zero-order valence-corrected chi connectivity index (χ0v) is 12.4. The van der Waals surface area contributed by atoms with Crippen LogP contribution >= 0.6 is 0 Å². The molecular weight excluding hydrogens is 236 g/mol. The molecule has 4 nitrogen and oxygen atoms in total. The number of nitrogens with zero attached hydrogens (tertiary/aromatic N) is 3. The first-order chi connectivity index (χ1) is 9.19. The maximum absolute atomic E-state index is 4.73. The smallest absolute Gasteiger partial charge is 0.0547 e. The van der Waals surface area contributed by atoms with Gasteiger partial charge in [-0.25, -0.2) is 0 Å². The van der Waals surface area contributed by atoms with Crippen LogP contribution in [-0.2, 0) is 13.1 Å². The molecule has 1 atom stereocenters. The highest BCUT2D eigenvalue weighted by molar-refractivity contribution is 5.11. The summed E-state index contributed by atoms with van der Waals surface area (Å²) < 4.78 is 0. The van der Waals surface area contributed by atoms with Crippen molar-refractivity contribution >= 4 is 0 Å². The summed E-state index contributed by atoms with van der Waals surface area (Å²) in [5, 5.41) is 3.32. The normalized spacial score (nSPS) is 20.3. The Hall–Kier alpha value is -0.970. The van der Waals surface area contributed by atoms with Gasteiger partial charge in [0, 0.05) is 32.2 Å². The number of nitrogens with one attached hydrogen (secondary N) is 1. The summed E-state index contributed by atoms with van der Waals surface area (Å²) in [5.41, 5.74) is 2.33. The van der Waals surface area contributed by atoms with Gasteiger partial charge in [-0.2, -0.15) is 0 Å². The number of likely N-dealkylation sites (tertiary alicyclic amines) is 1. The zero-order valence-electron chi connectivity index (χ0n) is 12.4. The monoisotopic (exact) mass is 262 g/mol. The lowest BCUT2D eigenvalue weighted by Crippen LogP contribution is -2.31. The molecule has 1 N–H and O–H groups in total. The summed E-state index contributed by atoms with van der Waals surface area (Å²) in [4.78, 5) is 9.56. The van der Waals surface area contributed by atoms with E-state index in [1.165, 1.54) is 18.7 Å². The molecular formula is C15H26N4. The predicted molar refractivity (Wildman–Crippen MR) is 79.0 cm³/mol. The third-order valence-electron chi connectivity index (χ3n) is 3.78. The molecule has 1 saturated heterocycles. The Morgan fingerprint density at radius 1 is 1.37 bits per heavy atom. The summed E-state index contributed by atoms with van der Waals surface area (Å²) in [5.74, 6) is 0. The first kappa shape index (κ1) is 14.4. The van der Waals surface area contributed by atoms with Crippen molar-refractivity contribution < 1.29 is 0 Å². The molecule has 1 aliphatic rings. The fourth-order valence-corrected chi connectivity index (χ4v) is 2.58. The van der Waals surface area contributed by atoms with Crippen molar-refractivity contribution in [2.75, 3.05) is 33.7 Å². The van der Waals surface area contributed by atoms with Crippen LogP contribution in [-0.4, -0.2) is 54.6 Å². The Morgan fingerprint density at radius 2 is 2.16 bits per heavy atom. The van der Waals surface area contributed by atoms with E-state index in [0.29, 0.717) is 6.04 Å². The Labute approximate surface area is 116 Å². The molecule has 2 rings (SSSR count). The second kappa shape index (κ2) is 6.98. The SMILES string of the molecule is CCNCc1cccc(CN2CCC(N(C)C)C2)n1. The number of hydrogen-bond donors (Lipinski definition) is 1. The lowest BCUT2D eigenvalue weighted by atomic mass is 10.2. The van der Waals surface area contributed by atoms with Gasteiger partial charge < -0.3 is 10.2 Å². The lowest BCUT2D eigenvalue weighted by Gasteiger charge is -2.20. The Kier molecular flexibility index (Phi) is 5.31. The molecule has 0 saturated carbocycles. The first-order valence-electron chi connectivity index (χ1n) is 7.23. The molecule has 1 aromatic heterocycles. The molecule has 1 aliphatic heterocycles. The molecule has 19 heavy (non-hydrogen) atoms. The molecule has 4 heteroatoms. The molecule has 106 valence electrons. The highest BCUT2D eigenvalue weighted by Gasteiger charge is 2.23. The molecule has 0 radical (unpaired) electrons. The topological polar surface area (TPSA) is 31.4 Å². The standard InChI is InChI=1S/C15H26N4/c1-4-16-10-13-6-5-7-14(17-13)11-19-9-8-15(12-19)18(2)3/h5-7,15-16H,4,8-12H2,1-3H3.